The molecule has 0 atom stereocenters. The standard InChI is InChI=1S/C7H10N4O3/c1-2-11(3-12)4-5(8)9-7(14)10-6(4)13/h3H,2H2,1H3,(H4,8,9,10,13,14). The van der Waals surface area contributed by atoms with Crippen molar-refractivity contribution in [3.63, 3.8) is 0 Å². The fraction of sp³-hybridized carbons (Fsp3) is 0.286. The molecule has 0 aliphatic heterocycles. The molecule has 0 fully saturated rings. The van der Waals surface area contributed by atoms with Crippen molar-refractivity contribution >= 4 is 17.9 Å². The van der Waals surface area contributed by atoms with Crippen molar-refractivity contribution in [3.8, 4) is 0 Å². The van der Waals surface area contributed by atoms with E-state index in [-0.39, 0.29) is 11.5 Å². The van der Waals surface area contributed by atoms with E-state index in [0.717, 1.165) is 4.90 Å². The van der Waals surface area contributed by atoms with Gasteiger partial charge in [-0.15, -0.1) is 0 Å². The number of nitrogens with one attached hydrogen (secondary N) is 2. The Kier molecular flexibility index (Phi) is 2.70. The molecule has 0 spiro atoms. The van der Waals surface area contributed by atoms with Crippen LogP contribution in [0.1, 0.15) is 6.92 Å². The highest BCUT2D eigenvalue weighted by molar-refractivity contribution is 5.79. The summed E-state index contributed by atoms with van der Waals surface area (Å²) in [6, 6.07) is 0. The average Bonchev–Trinajstić information content (AvgIpc) is 2.10. The van der Waals surface area contributed by atoms with Gasteiger partial charge in [0.05, 0.1) is 0 Å². The van der Waals surface area contributed by atoms with E-state index in [4.69, 9.17) is 5.73 Å². The lowest BCUT2D eigenvalue weighted by atomic mass is 10.4. The van der Waals surface area contributed by atoms with Crippen LogP contribution in [-0.4, -0.2) is 22.9 Å². The summed E-state index contributed by atoms with van der Waals surface area (Å²) in [4.78, 5) is 37.9. The Morgan fingerprint density at radius 2 is 2.07 bits per heavy atom. The molecular weight excluding hydrogens is 188 g/mol. The molecule has 0 unspecified atom stereocenters. The van der Waals surface area contributed by atoms with Crippen molar-refractivity contribution < 1.29 is 4.79 Å². The molecule has 0 aliphatic rings. The number of carbonyl (C=O) groups excluding carboxylic acids is 1. The van der Waals surface area contributed by atoms with Gasteiger partial charge in [0.1, 0.15) is 5.82 Å². The Morgan fingerprint density at radius 3 is 2.50 bits per heavy atom. The second kappa shape index (κ2) is 3.77. The number of anilines is 2. The first kappa shape index (κ1) is 10.0. The highest BCUT2D eigenvalue weighted by Crippen LogP contribution is 2.10. The van der Waals surface area contributed by atoms with Crippen LogP contribution in [0.5, 0.6) is 0 Å². The van der Waals surface area contributed by atoms with Gasteiger partial charge in [0.2, 0.25) is 6.41 Å². The molecule has 1 aromatic heterocycles. The van der Waals surface area contributed by atoms with Crippen LogP contribution in [0.15, 0.2) is 9.59 Å². The molecule has 1 heterocycles. The number of nitrogens with two attached hydrogens (primary N) is 1. The first-order valence-corrected chi connectivity index (χ1v) is 3.94. The Hall–Kier alpha value is -2.05. The molecule has 1 amide bonds. The minimum atomic E-state index is -0.696. The van der Waals surface area contributed by atoms with Gasteiger partial charge in [-0.05, 0) is 6.92 Å². The minimum Gasteiger partial charge on any atom is -0.383 e. The molecule has 1 aromatic rings. The maximum atomic E-state index is 11.3. The summed E-state index contributed by atoms with van der Waals surface area (Å²) in [6.07, 6.45) is 0.471. The molecule has 7 nitrogen and oxygen atoms in total. The zero-order valence-corrected chi connectivity index (χ0v) is 7.53. The zero-order chi connectivity index (χ0) is 10.7. The lowest BCUT2D eigenvalue weighted by Gasteiger charge is -2.14. The van der Waals surface area contributed by atoms with Crippen LogP contribution < -0.4 is 21.9 Å². The van der Waals surface area contributed by atoms with Crippen molar-refractivity contribution in [3.05, 3.63) is 20.8 Å². The van der Waals surface area contributed by atoms with Gasteiger partial charge in [-0.25, -0.2) is 4.79 Å². The minimum absolute atomic E-state index is 0.0397. The normalized spacial score (nSPS) is 9.79. The van der Waals surface area contributed by atoms with E-state index in [9.17, 15) is 14.4 Å². The third kappa shape index (κ3) is 1.65. The SMILES string of the molecule is CCN(C=O)c1c(N)[nH]c(=O)[nH]c1=O. The molecule has 0 aliphatic carbocycles. The Labute approximate surface area is 78.5 Å². The van der Waals surface area contributed by atoms with E-state index in [0.29, 0.717) is 13.0 Å². The number of aromatic nitrogens is 2. The maximum Gasteiger partial charge on any atom is 0.327 e. The number of H-pyrrole nitrogens is 2. The van der Waals surface area contributed by atoms with E-state index in [1.807, 2.05) is 4.98 Å². The van der Waals surface area contributed by atoms with Gasteiger partial charge >= 0.3 is 5.69 Å². The van der Waals surface area contributed by atoms with Crippen molar-refractivity contribution in [1.29, 1.82) is 0 Å². The second-order valence-electron chi connectivity index (χ2n) is 2.56. The van der Waals surface area contributed by atoms with Crippen LogP contribution in [0.4, 0.5) is 11.5 Å². The van der Waals surface area contributed by atoms with Crippen LogP contribution in [0.2, 0.25) is 0 Å². The zero-order valence-electron chi connectivity index (χ0n) is 7.53. The highest BCUT2D eigenvalue weighted by atomic mass is 16.2. The van der Waals surface area contributed by atoms with Crippen LogP contribution in [0, 0.1) is 0 Å². The summed E-state index contributed by atoms with van der Waals surface area (Å²) in [7, 11) is 0. The molecule has 7 heteroatoms. The molecule has 0 saturated heterocycles. The number of carbonyl (C=O) groups is 1. The van der Waals surface area contributed by atoms with Gasteiger partial charge in [0.15, 0.2) is 5.69 Å². The average molecular weight is 198 g/mol. The second-order valence-corrected chi connectivity index (χ2v) is 2.56. The largest absolute Gasteiger partial charge is 0.383 e. The van der Waals surface area contributed by atoms with Crippen LogP contribution >= 0.6 is 0 Å². The highest BCUT2D eigenvalue weighted by Gasteiger charge is 2.12. The first-order chi connectivity index (χ1) is 6.60. The monoisotopic (exact) mass is 198 g/mol. The molecule has 0 radical (unpaired) electrons. The summed E-state index contributed by atoms with van der Waals surface area (Å²) in [5.41, 5.74) is 3.98. The van der Waals surface area contributed by atoms with Crippen LogP contribution in [-0.2, 0) is 4.79 Å². The molecule has 0 aromatic carbocycles. The summed E-state index contributed by atoms with van der Waals surface area (Å²) in [6.45, 7) is 1.97. The molecule has 4 N–H and O–H groups in total. The molecule has 14 heavy (non-hydrogen) atoms. The Balaban J connectivity index is 3.41. The number of aromatic amines is 2. The molecule has 0 saturated carbocycles. The third-order valence-electron chi connectivity index (χ3n) is 1.70. The van der Waals surface area contributed by atoms with E-state index < -0.39 is 11.2 Å². The van der Waals surface area contributed by atoms with Gasteiger partial charge in [0.25, 0.3) is 5.56 Å². The van der Waals surface area contributed by atoms with Crippen LogP contribution in [0.25, 0.3) is 0 Å². The first-order valence-electron chi connectivity index (χ1n) is 3.94. The summed E-state index contributed by atoms with van der Waals surface area (Å²) in [5.74, 6) is -0.118. The fourth-order valence-electron chi connectivity index (χ4n) is 1.07. The number of amides is 1. The van der Waals surface area contributed by atoms with Crippen molar-refractivity contribution in [2.24, 2.45) is 0 Å². The van der Waals surface area contributed by atoms with Gasteiger partial charge in [-0.1, -0.05) is 0 Å². The van der Waals surface area contributed by atoms with Crippen molar-refractivity contribution in [2.45, 2.75) is 6.92 Å². The Bertz CT molecular complexity index is 447. The van der Waals surface area contributed by atoms with E-state index >= 15 is 0 Å². The number of nitrogens with zero attached hydrogens (tertiary/aromatic N) is 1. The predicted octanol–water partition coefficient (Wildman–Crippen LogP) is -1.37. The molecular formula is C7H10N4O3. The smallest absolute Gasteiger partial charge is 0.327 e. The Morgan fingerprint density at radius 1 is 1.43 bits per heavy atom. The number of rotatable bonds is 3. The van der Waals surface area contributed by atoms with Crippen molar-refractivity contribution in [1.82, 2.24) is 9.97 Å². The molecule has 0 bridgehead atoms. The number of hydrogen-bond donors (Lipinski definition) is 3. The quantitative estimate of drug-likeness (QED) is 0.520. The van der Waals surface area contributed by atoms with Gasteiger partial charge < -0.3 is 10.6 Å². The van der Waals surface area contributed by atoms with Gasteiger partial charge in [-0.2, -0.15) is 0 Å². The topological polar surface area (TPSA) is 112 Å². The van der Waals surface area contributed by atoms with E-state index in [1.54, 1.807) is 6.92 Å². The summed E-state index contributed by atoms with van der Waals surface area (Å²) < 4.78 is 0. The van der Waals surface area contributed by atoms with Gasteiger partial charge in [-0.3, -0.25) is 19.6 Å². The van der Waals surface area contributed by atoms with E-state index in [2.05, 4.69) is 4.98 Å². The molecule has 76 valence electrons. The lowest BCUT2D eigenvalue weighted by Crippen LogP contribution is -2.33. The maximum absolute atomic E-state index is 11.3. The lowest BCUT2D eigenvalue weighted by molar-refractivity contribution is -0.107. The molecule has 1 rings (SSSR count). The van der Waals surface area contributed by atoms with Gasteiger partial charge in [0, 0.05) is 6.54 Å². The van der Waals surface area contributed by atoms with Crippen LogP contribution in [0.3, 0.4) is 0 Å². The number of nitrogen functional groups attached to an aromatic ring is 1. The fourth-order valence-corrected chi connectivity index (χ4v) is 1.07. The predicted molar refractivity (Wildman–Crippen MR) is 51.2 cm³/mol. The summed E-state index contributed by atoms with van der Waals surface area (Å²) in [5, 5.41) is 0. The van der Waals surface area contributed by atoms with Crippen molar-refractivity contribution in [2.75, 3.05) is 17.2 Å². The third-order valence-corrected chi connectivity index (χ3v) is 1.70. The number of hydrogen-bond acceptors (Lipinski definition) is 4. The summed E-state index contributed by atoms with van der Waals surface area (Å²) >= 11 is 0. The van der Waals surface area contributed by atoms with E-state index in [1.165, 1.54) is 0 Å².